The third-order valence-electron chi connectivity index (χ3n) is 4.71. The zero-order valence-corrected chi connectivity index (χ0v) is 16.2. The van der Waals surface area contributed by atoms with Crippen LogP contribution in [0.3, 0.4) is 0 Å². The Kier molecular flexibility index (Phi) is 5.44. The highest BCUT2D eigenvalue weighted by atomic mass is 19.1. The second kappa shape index (κ2) is 7.80. The fraction of sp³-hybridized carbons (Fsp3) is 0.286. The highest BCUT2D eigenvalue weighted by Gasteiger charge is 2.15. The summed E-state index contributed by atoms with van der Waals surface area (Å²) >= 11 is 0. The normalized spacial score (nSPS) is 12.0. The highest BCUT2D eigenvalue weighted by molar-refractivity contribution is 5.97. The number of hydrogen-bond acceptors (Lipinski definition) is 4. The SMILES string of the molecule is CCn1c(=O)c(C)nc2cc(C(=O)NC(C)c3ccc(OC)c(F)c3)ccc21. The van der Waals surface area contributed by atoms with E-state index in [4.69, 9.17) is 4.74 Å². The number of ether oxygens (including phenoxy) is 1. The predicted molar refractivity (Wildman–Crippen MR) is 105 cm³/mol. The van der Waals surface area contributed by atoms with Crippen LogP contribution in [0.25, 0.3) is 11.0 Å². The van der Waals surface area contributed by atoms with Gasteiger partial charge in [-0.25, -0.2) is 9.37 Å². The molecule has 0 saturated carbocycles. The maximum absolute atomic E-state index is 13.9. The molecule has 1 unspecified atom stereocenters. The van der Waals surface area contributed by atoms with Crippen LogP contribution in [-0.4, -0.2) is 22.6 Å². The van der Waals surface area contributed by atoms with Gasteiger partial charge < -0.3 is 14.6 Å². The summed E-state index contributed by atoms with van der Waals surface area (Å²) in [5.41, 5.74) is 2.55. The molecule has 3 rings (SSSR count). The van der Waals surface area contributed by atoms with Crippen molar-refractivity contribution in [2.45, 2.75) is 33.4 Å². The maximum Gasteiger partial charge on any atom is 0.272 e. The van der Waals surface area contributed by atoms with Crippen molar-refractivity contribution in [3.05, 3.63) is 69.4 Å². The van der Waals surface area contributed by atoms with Gasteiger partial charge in [0.15, 0.2) is 11.6 Å². The van der Waals surface area contributed by atoms with Gasteiger partial charge in [0.05, 0.1) is 24.2 Å². The van der Waals surface area contributed by atoms with Crippen LogP contribution in [0, 0.1) is 12.7 Å². The number of aromatic nitrogens is 2. The quantitative estimate of drug-likeness (QED) is 0.733. The molecule has 146 valence electrons. The van der Waals surface area contributed by atoms with E-state index in [-0.39, 0.29) is 17.2 Å². The third-order valence-corrected chi connectivity index (χ3v) is 4.71. The van der Waals surface area contributed by atoms with Crippen LogP contribution in [0.2, 0.25) is 0 Å². The molecule has 1 atom stereocenters. The smallest absolute Gasteiger partial charge is 0.272 e. The molecule has 0 aliphatic rings. The van der Waals surface area contributed by atoms with Gasteiger partial charge in [-0.15, -0.1) is 0 Å². The Balaban J connectivity index is 1.88. The molecular weight excluding hydrogens is 361 g/mol. The molecule has 3 aromatic rings. The molecule has 2 aromatic carbocycles. The lowest BCUT2D eigenvalue weighted by Gasteiger charge is -2.16. The topological polar surface area (TPSA) is 73.2 Å². The molecular formula is C21H22FN3O3. The van der Waals surface area contributed by atoms with Crippen LogP contribution in [0.15, 0.2) is 41.2 Å². The second-order valence-corrected chi connectivity index (χ2v) is 6.54. The first-order chi connectivity index (χ1) is 13.3. The molecule has 1 N–H and O–H groups in total. The minimum absolute atomic E-state index is 0.137. The number of methoxy groups -OCH3 is 1. The van der Waals surface area contributed by atoms with Crippen molar-refractivity contribution in [2.24, 2.45) is 0 Å². The Hall–Kier alpha value is -3.22. The van der Waals surface area contributed by atoms with Crippen LogP contribution < -0.4 is 15.6 Å². The van der Waals surface area contributed by atoms with Crippen molar-refractivity contribution in [3.8, 4) is 5.75 Å². The molecule has 1 aromatic heterocycles. The Morgan fingerprint density at radius 3 is 2.68 bits per heavy atom. The first kappa shape index (κ1) is 19.5. The Bertz CT molecular complexity index is 1110. The summed E-state index contributed by atoms with van der Waals surface area (Å²) in [4.78, 5) is 29.2. The van der Waals surface area contributed by atoms with Crippen molar-refractivity contribution < 1.29 is 13.9 Å². The molecule has 0 spiro atoms. The number of halogens is 1. The van der Waals surface area contributed by atoms with Crippen LogP contribution in [0.4, 0.5) is 4.39 Å². The minimum atomic E-state index is -0.482. The average molecular weight is 383 g/mol. The molecule has 1 amide bonds. The van der Waals surface area contributed by atoms with Gasteiger partial charge in [0, 0.05) is 12.1 Å². The molecule has 7 heteroatoms. The Labute approximate surface area is 162 Å². The lowest BCUT2D eigenvalue weighted by Crippen LogP contribution is -2.27. The number of fused-ring (bicyclic) bond motifs is 1. The van der Waals surface area contributed by atoms with Crippen LogP contribution in [0.1, 0.15) is 41.5 Å². The number of nitrogens with one attached hydrogen (secondary N) is 1. The van der Waals surface area contributed by atoms with Crippen molar-refractivity contribution in [1.82, 2.24) is 14.9 Å². The van der Waals surface area contributed by atoms with Gasteiger partial charge in [0.25, 0.3) is 11.5 Å². The van der Waals surface area contributed by atoms with E-state index in [9.17, 15) is 14.0 Å². The van der Waals surface area contributed by atoms with Gasteiger partial charge >= 0.3 is 0 Å². The zero-order valence-electron chi connectivity index (χ0n) is 16.2. The average Bonchev–Trinajstić information content (AvgIpc) is 2.68. The third kappa shape index (κ3) is 3.60. The van der Waals surface area contributed by atoms with Gasteiger partial charge in [0.1, 0.15) is 5.69 Å². The molecule has 0 aliphatic heterocycles. The molecule has 0 saturated heterocycles. The van der Waals surface area contributed by atoms with Crippen molar-refractivity contribution in [3.63, 3.8) is 0 Å². The minimum Gasteiger partial charge on any atom is -0.494 e. The summed E-state index contributed by atoms with van der Waals surface area (Å²) in [6.45, 7) is 5.83. The molecule has 0 fully saturated rings. The van der Waals surface area contributed by atoms with Crippen LogP contribution in [-0.2, 0) is 6.54 Å². The lowest BCUT2D eigenvalue weighted by atomic mass is 10.1. The van der Waals surface area contributed by atoms with E-state index in [1.165, 1.54) is 19.2 Å². The van der Waals surface area contributed by atoms with Gasteiger partial charge in [-0.05, 0) is 56.7 Å². The highest BCUT2D eigenvalue weighted by Crippen LogP contribution is 2.22. The first-order valence-corrected chi connectivity index (χ1v) is 9.01. The lowest BCUT2D eigenvalue weighted by molar-refractivity contribution is 0.0940. The van der Waals surface area contributed by atoms with Gasteiger partial charge in [-0.3, -0.25) is 9.59 Å². The van der Waals surface area contributed by atoms with Gasteiger partial charge in [-0.2, -0.15) is 0 Å². The van der Waals surface area contributed by atoms with Crippen LogP contribution in [0.5, 0.6) is 5.75 Å². The number of amides is 1. The summed E-state index contributed by atoms with van der Waals surface area (Å²) in [6.07, 6.45) is 0. The summed E-state index contributed by atoms with van der Waals surface area (Å²) in [5.74, 6) is -0.636. The van der Waals surface area contributed by atoms with E-state index >= 15 is 0 Å². The fourth-order valence-electron chi connectivity index (χ4n) is 3.14. The van der Waals surface area contributed by atoms with Gasteiger partial charge in [-0.1, -0.05) is 6.07 Å². The maximum atomic E-state index is 13.9. The van der Waals surface area contributed by atoms with Crippen molar-refractivity contribution in [1.29, 1.82) is 0 Å². The molecule has 0 bridgehead atoms. The number of rotatable bonds is 5. The summed E-state index contributed by atoms with van der Waals surface area (Å²) in [5, 5.41) is 2.85. The predicted octanol–water partition coefficient (Wildman–Crippen LogP) is 3.36. The number of hydrogen-bond donors (Lipinski definition) is 1. The first-order valence-electron chi connectivity index (χ1n) is 9.01. The van der Waals surface area contributed by atoms with E-state index in [0.717, 1.165) is 0 Å². The molecule has 0 radical (unpaired) electrons. The number of carbonyl (C=O) groups is 1. The van der Waals surface area contributed by atoms with Crippen molar-refractivity contribution >= 4 is 16.9 Å². The number of carbonyl (C=O) groups excluding carboxylic acids is 1. The molecule has 6 nitrogen and oxygen atoms in total. The number of nitrogens with zero attached hydrogens (tertiary/aromatic N) is 2. The molecule has 28 heavy (non-hydrogen) atoms. The van der Waals surface area contributed by atoms with Crippen LogP contribution >= 0.6 is 0 Å². The van der Waals surface area contributed by atoms with E-state index < -0.39 is 11.9 Å². The van der Waals surface area contributed by atoms with Crippen molar-refractivity contribution in [2.75, 3.05) is 7.11 Å². The van der Waals surface area contributed by atoms with E-state index in [2.05, 4.69) is 10.3 Å². The summed E-state index contributed by atoms with van der Waals surface area (Å²) in [7, 11) is 1.40. The van der Waals surface area contributed by atoms with E-state index in [1.807, 2.05) is 6.92 Å². The Morgan fingerprint density at radius 2 is 2.04 bits per heavy atom. The van der Waals surface area contributed by atoms with E-state index in [1.54, 1.807) is 42.7 Å². The molecule has 0 aliphatic carbocycles. The largest absolute Gasteiger partial charge is 0.494 e. The fourth-order valence-corrected chi connectivity index (χ4v) is 3.14. The monoisotopic (exact) mass is 383 g/mol. The zero-order chi connectivity index (χ0) is 20.4. The van der Waals surface area contributed by atoms with E-state index in [0.29, 0.717) is 34.4 Å². The summed E-state index contributed by atoms with van der Waals surface area (Å²) < 4.78 is 20.5. The standard InChI is InChI=1S/C21H22FN3O3/c1-5-25-18-8-6-15(11-17(18)23-13(3)21(25)27)20(26)24-12(2)14-7-9-19(28-4)16(22)10-14/h6-12H,5H2,1-4H3,(H,24,26). The molecule has 1 heterocycles. The number of aryl methyl sites for hydroxylation is 2. The van der Waals surface area contributed by atoms with Gasteiger partial charge in [0.2, 0.25) is 0 Å². The number of benzene rings is 2. The summed E-state index contributed by atoms with van der Waals surface area (Å²) in [6, 6.07) is 9.21. The Morgan fingerprint density at radius 1 is 1.29 bits per heavy atom. The second-order valence-electron chi connectivity index (χ2n) is 6.54.